The molecule has 5 heteroatoms. The number of carbonyl (C=O) groups excluding carboxylic acids is 1. The Hall–Kier alpha value is -1.35. The van der Waals surface area contributed by atoms with Gasteiger partial charge >= 0.3 is 5.82 Å². The lowest BCUT2D eigenvalue weighted by Gasteiger charge is -1.82. The Kier molecular flexibility index (Phi) is 1.57. The standard InChI is InChI=1S/C2H2N2O3/c3-2(1-5)4(6)7/h3H2. The highest BCUT2D eigenvalue weighted by atomic mass is 16.6. The van der Waals surface area contributed by atoms with Gasteiger partial charge in [-0.05, 0) is 4.92 Å². The minimum absolute atomic E-state index is 0.910. The Morgan fingerprint density at radius 2 is 2.29 bits per heavy atom. The first kappa shape index (κ1) is 5.65. The molecular formula is C2H2N2O3. The molecule has 0 bridgehead atoms. The van der Waals surface area contributed by atoms with E-state index >= 15 is 0 Å². The Morgan fingerprint density at radius 1 is 1.86 bits per heavy atom. The molecule has 7 heavy (non-hydrogen) atoms. The van der Waals surface area contributed by atoms with Gasteiger partial charge in [0.05, 0.1) is 0 Å². The molecule has 0 aromatic carbocycles. The average molecular weight is 102 g/mol. The van der Waals surface area contributed by atoms with Gasteiger partial charge in [0, 0.05) is 0 Å². The van der Waals surface area contributed by atoms with E-state index in [0.29, 0.717) is 0 Å². The average Bonchev–Trinajstić information content (AvgIpc) is 1.65. The molecule has 38 valence electrons. The van der Waals surface area contributed by atoms with Crippen molar-refractivity contribution >= 4 is 5.94 Å². The molecule has 0 aliphatic carbocycles. The first-order valence-corrected chi connectivity index (χ1v) is 1.33. The van der Waals surface area contributed by atoms with Crippen LogP contribution in [0.5, 0.6) is 0 Å². The molecule has 0 amide bonds. The largest absolute Gasteiger partial charge is 0.400 e. The van der Waals surface area contributed by atoms with Crippen molar-refractivity contribution in [1.82, 2.24) is 0 Å². The van der Waals surface area contributed by atoms with Crippen molar-refractivity contribution in [2.75, 3.05) is 0 Å². The van der Waals surface area contributed by atoms with Gasteiger partial charge in [0.25, 0.3) is 0 Å². The maximum Gasteiger partial charge on any atom is 0.400 e. The predicted octanol–water partition coefficient (Wildman–Crippen LogP) is -1.11. The minimum Gasteiger partial charge on any atom is -0.357 e. The lowest BCUT2D eigenvalue weighted by Crippen LogP contribution is -2.08. The highest BCUT2D eigenvalue weighted by Gasteiger charge is 1.95. The van der Waals surface area contributed by atoms with Gasteiger partial charge in [-0.2, -0.15) is 0 Å². The van der Waals surface area contributed by atoms with Crippen molar-refractivity contribution in [2.45, 2.75) is 0 Å². The second-order valence-corrected chi connectivity index (χ2v) is 0.744. The molecule has 0 rings (SSSR count). The number of nitrogens with two attached hydrogens (primary N) is 1. The van der Waals surface area contributed by atoms with E-state index in [2.05, 4.69) is 5.73 Å². The topological polar surface area (TPSA) is 86.2 Å². The van der Waals surface area contributed by atoms with Crippen molar-refractivity contribution in [3.63, 3.8) is 0 Å². The van der Waals surface area contributed by atoms with E-state index in [1.165, 1.54) is 0 Å². The fourth-order valence-electron chi connectivity index (χ4n) is 0.0373. The van der Waals surface area contributed by atoms with Crippen molar-refractivity contribution in [2.24, 2.45) is 5.73 Å². The fourth-order valence-corrected chi connectivity index (χ4v) is 0.0373. The lowest BCUT2D eigenvalue weighted by atomic mass is 10.9. The molecule has 5 nitrogen and oxygen atoms in total. The molecule has 0 saturated carbocycles. The van der Waals surface area contributed by atoms with Crippen LogP contribution in [-0.2, 0) is 4.79 Å². The van der Waals surface area contributed by atoms with Gasteiger partial charge in [-0.25, -0.2) is 4.79 Å². The van der Waals surface area contributed by atoms with Crippen LogP contribution >= 0.6 is 0 Å². The van der Waals surface area contributed by atoms with Gasteiger partial charge in [0.1, 0.15) is 0 Å². The molecule has 0 unspecified atom stereocenters. The van der Waals surface area contributed by atoms with Crippen molar-refractivity contribution in [3.05, 3.63) is 15.9 Å². The number of hydrogen-bond donors (Lipinski definition) is 1. The Morgan fingerprint density at radius 3 is 2.29 bits per heavy atom. The van der Waals surface area contributed by atoms with Crippen molar-refractivity contribution in [3.8, 4) is 0 Å². The molecule has 0 atom stereocenters. The van der Waals surface area contributed by atoms with Crippen LogP contribution in [0.25, 0.3) is 0 Å². The Balaban J connectivity index is 4.10. The normalized spacial score (nSPS) is 6.86. The van der Waals surface area contributed by atoms with Gasteiger partial charge < -0.3 is 10.1 Å². The molecule has 0 radical (unpaired) electrons. The number of hydrogen-bond acceptors (Lipinski definition) is 4. The summed E-state index contributed by atoms with van der Waals surface area (Å²) in [5, 5.41) is 9.31. The van der Waals surface area contributed by atoms with E-state index in [0.717, 1.165) is 5.94 Å². The third-order valence-electron chi connectivity index (χ3n) is 0.301. The van der Waals surface area contributed by atoms with Crippen LogP contribution in [-0.4, -0.2) is 10.9 Å². The zero-order valence-electron chi connectivity index (χ0n) is 3.25. The minimum atomic E-state index is -1.01. The zero-order valence-corrected chi connectivity index (χ0v) is 3.25. The van der Waals surface area contributed by atoms with E-state index < -0.39 is 10.7 Å². The monoisotopic (exact) mass is 102 g/mol. The summed E-state index contributed by atoms with van der Waals surface area (Å²) in [7, 11) is 0. The summed E-state index contributed by atoms with van der Waals surface area (Å²) < 4.78 is 0. The molecule has 0 aliphatic heterocycles. The smallest absolute Gasteiger partial charge is 0.357 e. The molecule has 0 aromatic heterocycles. The van der Waals surface area contributed by atoms with Crippen LogP contribution in [0.1, 0.15) is 0 Å². The first-order chi connectivity index (χ1) is 3.18. The fraction of sp³-hybridized carbons (Fsp3) is 0. The maximum absolute atomic E-state index is 9.31. The zero-order chi connectivity index (χ0) is 5.86. The number of nitro groups is 1. The molecule has 0 heterocycles. The predicted molar refractivity (Wildman–Crippen MR) is 20.4 cm³/mol. The van der Waals surface area contributed by atoms with Crippen LogP contribution in [0.4, 0.5) is 0 Å². The van der Waals surface area contributed by atoms with Crippen molar-refractivity contribution < 1.29 is 9.72 Å². The van der Waals surface area contributed by atoms with Gasteiger partial charge in [-0.3, -0.25) is 5.73 Å². The van der Waals surface area contributed by atoms with Crippen LogP contribution < -0.4 is 5.73 Å². The molecule has 0 spiro atoms. The second kappa shape index (κ2) is 1.94. The quantitative estimate of drug-likeness (QED) is 0.258. The molecule has 0 aromatic rings. The number of rotatable bonds is 1. The van der Waals surface area contributed by atoms with Crippen molar-refractivity contribution in [1.29, 1.82) is 0 Å². The van der Waals surface area contributed by atoms with E-state index in [1.807, 2.05) is 0 Å². The Bertz CT molecular complexity index is 134. The molecule has 0 aliphatic rings. The molecule has 2 N–H and O–H groups in total. The number of nitrogens with zero attached hydrogens (tertiary/aromatic N) is 1. The van der Waals surface area contributed by atoms with E-state index in [4.69, 9.17) is 0 Å². The summed E-state index contributed by atoms with van der Waals surface area (Å²) in [6.07, 6.45) is 0. The lowest BCUT2D eigenvalue weighted by molar-refractivity contribution is -0.424. The van der Waals surface area contributed by atoms with Crippen LogP contribution in [0.15, 0.2) is 5.82 Å². The second-order valence-electron chi connectivity index (χ2n) is 0.744. The summed E-state index contributed by atoms with van der Waals surface area (Å²) in [5.74, 6) is -0.0764. The Labute approximate surface area is 38.6 Å². The van der Waals surface area contributed by atoms with E-state index in [-0.39, 0.29) is 0 Å². The molecule has 0 fully saturated rings. The third kappa shape index (κ3) is 1.51. The third-order valence-corrected chi connectivity index (χ3v) is 0.301. The van der Waals surface area contributed by atoms with E-state index in [9.17, 15) is 14.9 Å². The van der Waals surface area contributed by atoms with Crippen LogP contribution in [0.2, 0.25) is 0 Å². The van der Waals surface area contributed by atoms with Gasteiger partial charge in [0.15, 0.2) is 0 Å². The summed E-state index contributed by atoms with van der Waals surface area (Å²) >= 11 is 0. The van der Waals surface area contributed by atoms with E-state index in [1.54, 1.807) is 0 Å². The highest BCUT2D eigenvalue weighted by molar-refractivity contribution is 5.47. The molecular weight excluding hydrogens is 100 g/mol. The summed E-state index contributed by atoms with van der Waals surface area (Å²) in [4.78, 5) is 17.5. The maximum atomic E-state index is 9.31. The highest BCUT2D eigenvalue weighted by Crippen LogP contribution is 1.70. The van der Waals surface area contributed by atoms with Gasteiger partial charge in [-0.1, -0.05) is 0 Å². The van der Waals surface area contributed by atoms with Crippen LogP contribution in [0.3, 0.4) is 0 Å². The van der Waals surface area contributed by atoms with Crippen LogP contribution in [0, 0.1) is 10.1 Å². The summed E-state index contributed by atoms with van der Waals surface area (Å²) in [6, 6.07) is 0. The summed E-state index contributed by atoms with van der Waals surface area (Å²) in [5.41, 5.74) is 4.41. The van der Waals surface area contributed by atoms with Gasteiger partial charge in [-0.15, -0.1) is 0 Å². The molecule has 0 saturated heterocycles. The summed E-state index contributed by atoms with van der Waals surface area (Å²) in [6.45, 7) is 0. The SMILES string of the molecule is NC(=C=O)[N+](=O)[O-]. The first-order valence-electron chi connectivity index (χ1n) is 1.33. The van der Waals surface area contributed by atoms with Gasteiger partial charge in [0.2, 0.25) is 5.94 Å².